The predicted octanol–water partition coefficient (Wildman–Crippen LogP) is 2.23. The van der Waals surface area contributed by atoms with Crippen molar-refractivity contribution >= 4 is 23.4 Å². The average molecular weight is 288 g/mol. The maximum atomic E-state index is 12.1. The molecule has 4 amide bonds. The number of nitrogens with zero attached hydrogens (tertiary/aromatic N) is 2. The van der Waals surface area contributed by atoms with Gasteiger partial charge in [0.2, 0.25) is 0 Å². The molecule has 2 fully saturated rings. The molecule has 3 rings (SSSR count). The van der Waals surface area contributed by atoms with E-state index in [2.05, 4.69) is 10.6 Å². The molecule has 0 saturated carbocycles. The number of rotatable bonds is 2. The van der Waals surface area contributed by atoms with Crippen LogP contribution in [0.25, 0.3) is 0 Å². The minimum Gasteiger partial charge on any atom is -0.336 e. The van der Waals surface area contributed by atoms with Gasteiger partial charge in [-0.2, -0.15) is 0 Å². The third-order valence-electron chi connectivity index (χ3n) is 3.93. The summed E-state index contributed by atoms with van der Waals surface area (Å²) in [5, 5.41) is 5.68. The molecular formula is C15H20N4O2. The lowest BCUT2D eigenvalue weighted by Gasteiger charge is -2.26. The van der Waals surface area contributed by atoms with Crippen LogP contribution in [0.1, 0.15) is 19.3 Å². The first-order valence-electron chi connectivity index (χ1n) is 7.45. The number of piperidine rings is 1. The van der Waals surface area contributed by atoms with Crippen molar-refractivity contribution in [1.29, 1.82) is 0 Å². The van der Waals surface area contributed by atoms with Crippen LogP contribution in [0.15, 0.2) is 24.3 Å². The SMILES string of the molecule is O=C(Nc1ccc(N2CCNC2=O)cc1)N1CCCCC1. The minimum absolute atomic E-state index is 0.0404. The first kappa shape index (κ1) is 13.7. The Balaban J connectivity index is 1.61. The summed E-state index contributed by atoms with van der Waals surface area (Å²) in [7, 11) is 0. The summed E-state index contributed by atoms with van der Waals surface area (Å²) in [6.45, 7) is 3.01. The number of carbonyl (C=O) groups excluding carboxylic acids is 2. The van der Waals surface area contributed by atoms with Crippen molar-refractivity contribution < 1.29 is 9.59 Å². The largest absolute Gasteiger partial charge is 0.336 e. The zero-order chi connectivity index (χ0) is 14.7. The number of likely N-dealkylation sites (tertiary alicyclic amines) is 1. The molecule has 6 heteroatoms. The number of benzene rings is 1. The summed E-state index contributed by atoms with van der Waals surface area (Å²) < 4.78 is 0. The topological polar surface area (TPSA) is 64.7 Å². The smallest absolute Gasteiger partial charge is 0.321 e. The van der Waals surface area contributed by atoms with E-state index in [0.29, 0.717) is 13.1 Å². The van der Waals surface area contributed by atoms with Crippen LogP contribution in [-0.2, 0) is 0 Å². The molecule has 2 saturated heterocycles. The number of carbonyl (C=O) groups is 2. The van der Waals surface area contributed by atoms with Gasteiger partial charge < -0.3 is 15.5 Å². The third kappa shape index (κ3) is 3.09. The van der Waals surface area contributed by atoms with Crippen molar-refractivity contribution in [3.63, 3.8) is 0 Å². The van der Waals surface area contributed by atoms with Crippen molar-refractivity contribution in [2.75, 3.05) is 36.4 Å². The lowest BCUT2D eigenvalue weighted by Crippen LogP contribution is -2.38. The van der Waals surface area contributed by atoms with Crippen molar-refractivity contribution in [3.8, 4) is 0 Å². The number of anilines is 2. The molecule has 2 aliphatic rings. The van der Waals surface area contributed by atoms with Crippen molar-refractivity contribution in [2.45, 2.75) is 19.3 Å². The van der Waals surface area contributed by atoms with Crippen LogP contribution in [-0.4, -0.2) is 43.1 Å². The van der Waals surface area contributed by atoms with Crippen molar-refractivity contribution in [1.82, 2.24) is 10.2 Å². The zero-order valence-corrected chi connectivity index (χ0v) is 12.0. The Morgan fingerprint density at radius 1 is 1.05 bits per heavy atom. The molecule has 0 aromatic heterocycles. The van der Waals surface area contributed by atoms with Gasteiger partial charge in [-0.25, -0.2) is 9.59 Å². The Bertz CT molecular complexity index is 523. The van der Waals surface area contributed by atoms with Gasteiger partial charge in [-0.05, 0) is 43.5 Å². The number of hydrogen-bond donors (Lipinski definition) is 2. The summed E-state index contributed by atoms with van der Waals surface area (Å²) in [5.74, 6) is 0. The van der Waals surface area contributed by atoms with Gasteiger partial charge >= 0.3 is 12.1 Å². The number of hydrogen-bond acceptors (Lipinski definition) is 2. The van der Waals surface area contributed by atoms with Crippen LogP contribution in [0.2, 0.25) is 0 Å². The van der Waals surface area contributed by atoms with Gasteiger partial charge in [-0.3, -0.25) is 4.90 Å². The summed E-state index contributed by atoms with van der Waals surface area (Å²) in [5.41, 5.74) is 1.61. The molecule has 2 N–H and O–H groups in total. The van der Waals surface area contributed by atoms with Gasteiger partial charge in [0.15, 0.2) is 0 Å². The van der Waals surface area contributed by atoms with E-state index in [9.17, 15) is 9.59 Å². The number of nitrogens with one attached hydrogen (secondary N) is 2. The lowest BCUT2D eigenvalue weighted by molar-refractivity contribution is 0.200. The normalized spacial score (nSPS) is 18.6. The van der Waals surface area contributed by atoms with Gasteiger partial charge in [-0.1, -0.05) is 0 Å². The summed E-state index contributed by atoms with van der Waals surface area (Å²) in [4.78, 5) is 27.2. The van der Waals surface area contributed by atoms with Gasteiger partial charge in [0.1, 0.15) is 0 Å². The highest BCUT2D eigenvalue weighted by Crippen LogP contribution is 2.20. The molecule has 2 aliphatic heterocycles. The quantitative estimate of drug-likeness (QED) is 0.876. The summed E-state index contributed by atoms with van der Waals surface area (Å²) >= 11 is 0. The lowest BCUT2D eigenvalue weighted by atomic mass is 10.1. The van der Waals surface area contributed by atoms with E-state index in [-0.39, 0.29) is 12.1 Å². The van der Waals surface area contributed by atoms with Crippen LogP contribution in [0.5, 0.6) is 0 Å². The van der Waals surface area contributed by atoms with E-state index in [1.165, 1.54) is 6.42 Å². The molecule has 2 heterocycles. The van der Waals surface area contributed by atoms with Gasteiger partial charge in [0.25, 0.3) is 0 Å². The standard InChI is InChI=1S/C15H20N4O2/c20-14-16-8-11-19(14)13-6-4-12(5-7-13)17-15(21)18-9-2-1-3-10-18/h4-7H,1-3,8-11H2,(H,16,20)(H,17,21). The first-order chi connectivity index (χ1) is 10.2. The highest BCUT2D eigenvalue weighted by molar-refractivity contribution is 5.94. The second-order valence-electron chi connectivity index (χ2n) is 5.41. The Kier molecular flexibility index (Phi) is 3.94. The molecule has 0 unspecified atom stereocenters. The van der Waals surface area contributed by atoms with Crippen LogP contribution in [0, 0.1) is 0 Å². The Labute approximate surface area is 124 Å². The first-order valence-corrected chi connectivity index (χ1v) is 7.45. The fourth-order valence-electron chi connectivity index (χ4n) is 2.74. The second-order valence-corrected chi connectivity index (χ2v) is 5.41. The molecule has 1 aromatic rings. The molecule has 6 nitrogen and oxygen atoms in total. The molecule has 0 bridgehead atoms. The molecule has 1 aromatic carbocycles. The second kappa shape index (κ2) is 6.03. The van der Waals surface area contributed by atoms with E-state index in [1.54, 1.807) is 4.90 Å². The molecule has 0 radical (unpaired) electrons. The fourth-order valence-corrected chi connectivity index (χ4v) is 2.74. The highest BCUT2D eigenvalue weighted by Gasteiger charge is 2.21. The molecule has 0 spiro atoms. The fraction of sp³-hybridized carbons (Fsp3) is 0.467. The van der Waals surface area contributed by atoms with E-state index in [1.807, 2.05) is 29.2 Å². The minimum atomic E-state index is -0.0693. The molecule has 112 valence electrons. The van der Waals surface area contributed by atoms with Gasteiger partial charge in [0.05, 0.1) is 0 Å². The van der Waals surface area contributed by atoms with Crippen LogP contribution in [0.3, 0.4) is 0 Å². The Morgan fingerprint density at radius 3 is 2.38 bits per heavy atom. The third-order valence-corrected chi connectivity index (χ3v) is 3.93. The van der Waals surface area contributed by atoms with E-state index < -0.39 is 0 Å². The zero-order valence-electron chi connectivity index (χ0n) is 12.0. The number of urea groups is 2. The van der Waals surface area contributed by atoms with Gasteiger partial charge in [0, 0.05) is 37.6 Å². The highest BCUT2D eigenvalue weighted by atomic mass is 16.2. The molecule has 0 aliphatic carbocycles. The van der Waals surface area contributed by atoms with Gasteiger partial charge in [-0.15, -0.1) is 0 Å². The number of amides is 4. The monoisotopic (exact) mass is 288 g/mol. The van der Waals surface area contributed by atoms with Crippen molar-refractivity contribution in [2.24, 2.45) is 0 Å². The molecular weight excluding hydrogens is 268 g/mol. The van der Waals surface area contributed by atoms with E-state index in [4.69, 9.17) is 0 Å². The van der Waals surface area contributed by atoms with Crippen LogP contribution < -0.4 is 15.5 Å². The van der Waals surface area contributed by atoms with E-state index >= 15 is 0 Å². The van der Waals surface area contributed by atoms with Crippen LogP contribution in [0.4, 0.5) is 21.0 Å². The predicted molar refractivity (Wildman–Crippen MR) is 81.6 cm³/mol. The van der Waals surface area contributed by atoms with E-state index in [0.717, 1.165) is 37.3 Å². The maximum absolute atomic E-state index is 12.1. The summed E-state index contributed by atoms with van der Waals surface area (Å²) in [6.07, 6.45) is 3.36. The maximum Gasteiger partial charge on any atom is 0.321 e. The molecule has 0 atom stereocenters. The average Bonchev–Trinajstić information content (AvgIpc) is 2.95. The Hall–Kier alpha value is -2.24. The van der Waals surface area contributed by atoms with Crippen LogP contribution >= 0.6 is 0 Å². The van der Waals surface area contributed by atoms with Crippen molar-refractivity contribution in [3.05, 3.63) is 24.3 Å². The Morgan fingerprint density at radius 2 is 1.76 bits per heavy atom. The summed E-state index contributed by atoms with van der Waals surface area (Å²) in [6, 6.07) is 7.28. The molecule has 21 heavy (non-hydrogen) atoms.